The molecule has 0 bridgehead atoms. The molecule has 11 heteroatoms. The summed E-state index contributed by atoms with van der Waals surface area (Å²) >= 11 is 0. The van der Waals surface area contributed by atoms with E-state index in [9.17, 15) is 13.2 Å². The van der Waals surface area contributed by atoms with Crippen LogP contribution in [0.15, 0.2) is 17.3 Å². The molecule has 7 nitrogen and oxygen atoms in total. The number of aliphatic imine (C=N–C) groups is 1. The summed E-state index contributed by atoms with van der Waals surface area (Å²) in [6.45, 7) is 4.13. The molecule has 0 aromatic carbocycles. The molecule has 2 heterocycles. The maximum Gasteiger partial charge on any atom is 0.433 e. The van der Waals surface area contributed by atoms with Gasteiger partial charge in [0, 0.05) is 51.0 Å². The maximum absolute atomic E-state index is 12.7. The largest absolute Gasteiger partial charge is 0.433 e. The lowest BCUT2D eigenvalue weighted by atomic mass is 10.2. The SMILES string of the molecule is CN=C(NCCNc1nccc(C(F)(F)F)n1)NC1CC(C)N(C2CC2)C1.I. The van der Waals surface area contributed by atoms with Gasteiger partial charge in [-0.1, -0.05) is 0 Å². The monoisotopic (exact) mass is 513 g/mol. The molecule has 1 saturated heterocycles. The van der Waals surface area contributed by atoms with Crippen LogP contribution in [-0.4, -0.2) is 65.6 Å². The fourth-order valence-electron chi connectivity index (χ4n) is 3.42. The molecule has 0 spiro atoms. The third kappa shape index (κ3) is 6.33. The van der Waals surface area contributed by atoms with Crippen molar-refractivity contribution in [2.45, 2.75) is 50.5 Å². The fraction of sp³-hybridized carbons (Fsp3) is 0.706. The maximum atomic E-state index is 12.7. The van der Waals surface area contributed by atoms with E-state index in [4.69, 9.17) is 0 Å². The Morgan fingerprint density at radius 3 is 2.71 bits per heavy atom. The van der Waals surface area contributed by atoms with E-state index < -0.39 is 11.9 Å². The van der Waals surface area contributed by atoms with Crippen LogP contribution in [0.25, 0.3) is 0 Å². The van der Waals surface area contributed by atoms with Gasteiger partial charge in [0.25, 0.3) is 0 Å². The predicted octanol–water partition coefficient (Wildman–Crippen LogP) is 2.32. The number of aromatic nitrogens is 2. The molecule has 2 fully saturated rings. The molecular weight excluding hydrogens is 486 g/mol. The van der Waals surface area contributed by atoms with Crippen LogP contribution < -0.4 is 16.0 Å². The molecule has 0 amide bonds. The van der Waals surface area contributed by atoms with Crippen molar-refractivity contribution >= 4 is 35.9 Å². The normalized spacial score (nSPS) is 23.2. The Hall–Kier alpha value is -1.37. The van der Waals surface area contributed by atoms with Gasteiger partial charge in [0.15, 0.2) is 5.96 Å². The zero-order valence-corrected chi connectivity index (χ0v) is 18.3. The van der Waals surface area contributed by atoms with Crippen molar-refractivity contribution in [2.24, 2.45) is 4.99 Å². The summed E-state index contributed by atoms with van der Waals surface area (Å²) in [6.07, 6.45) is 0.295. The average molecular weight is 513 g/mol. The van der Waals surface area contributed by atoms with Gasteiger partial charge in [0.2, 0.25) is 5.95 Å². The van der Waals surface area contributed by atoms with E-state index in [1.807, 2.05) is 0 Å². The zero-order valence-electron chi connectivity index (χ0n) is 16.0. The van der Waals surface area contributed by atoms with Crippen LogP contribution in [0.3, 0.4) is 0 Å². The third-order valence-corrected chi connectivity index (χ3v) is 4.85. The van der Waals surface area contributed by atoms with Crippen molar-refractivity contribution in [3.05, 3.63) is 18.0 Å². The van der Waals surface area contributed by atoms with Crippen LogP contribution in [0.1, 0.15) is 31.9 Å². The number of hydrogen-bond donors (Lipinski definition) is 3. The van der Waals surface area contributed by atoms with Gasteiger partial charge in [-0.2, -0.15) is 13.2 Å². The number of guanidine groups is 1. The van der Waals surface area contributed by atoms with Crippen molar-refractivity contribution in [2.75, 3.05) is 32.0 Å². The lowest BCUT2D eigenvalue weighted by Crippen LogP contribution is -2.45. The van der Waals surface area contributed by atoms with Crippen molar-refractivity contribution in [1.82, 2.24) is 25.5 Å². The minimum atomic E-state index is -4.48. The van der Waals surface area contributed by atoms with Crippen LogP contribution in [-0.2, 0) is 6.18 Å². The highest BCUT2D eigenvalue weighted by atomic mass is 127. The number of likely N-dealkylation sites (tertiary alicyclic amines) is 1. The number of nitrogens with one attached hydrogen (secondary N) is 3. The summed E-state index contributed by atoms with van der Waals surface area (Å²) in [7, 11) is 1.70. The summed E-state index contributed by atoms with van der Waals surface area (Å²) in [5, 5.41) is 9.38. The minimum absolute atomic E-state index is 0. The molecule has 2 unspecified atom stereocenters. The Kier molecular flexibility index (Phi) is 8.10. The molecule has 2 atom stereocenters. The summed E-state index contributed by atoms with van der Waals surface area (Å²) in [4.78, 5) is 14.1. The Balaban J connectivity index is 0.00000280. The first-order valence-electron chi connectivity index (χ1n) is 9.24. The van der Waals surface area contributed by atoms with E-state index >= 15 is 0 Å². The van der Waals surface area contributed by atoms with Gasteiger partial charge in [-0.3, -0.25) is 9.89 Å². The van der Waals surface area contributed by atoms with E-state index in [1.165, 1.54) is 12.8 Å². The summed E-state index contributed by atoms with van der Waals surface area (Å²) in [6, 6.07) is 2.53. The Morgan fingerprint density at radius 1 is 1.32 bits per heavy atom. The Labute approximate surface area is 180 Å². The molecule has 1 aliphatic carbocycles. The van der Waals surface area contributed by atoms with Crippen LogP contribution in [0.5, 0.6) is 0 Å². The van der Waals surface area contributed by atoms with Gasteiger partial charge in [0.05, 0.1) is 0 Å². The molecule has 158 valence electrons. The second kappa shape index (κ2) is 9.90. The van der Waals surface area contributed by atoms with Gasteiger partial charge < -0.3 is 16.0 Å². The number of anilines is 1. The first kappa shape index (κ1) is 22.9. The summed E-state index contributed by atoms with van der Waals surface area (Å²) < 4.78 is 38.0. The number of alkyl halides is 3. The summed E-state index contributed by atoms with van der Waals surface area (Å²) in [5.41, 5.74) is -0.957. The highest BCUT2D eigenvalue weighted by Crippen LogP contribution is 2.33. The summed E-state index contributed by atoms with van der Waals surface area (Å²) in [5.74, 6) is 0.649. The smallest absolute Gasteiger partial charge is 0.355 e. The highest BCUT2D eigenvalue weighted by Gasteiger charge is 2.38. The van der Waals surface area contributed by atoms with Crippen molar-refractivity contribution in [1.29, 1.82) is 0 Å². The molecule has 1 aromatic heterocycles. The highest BCUT2D eigenvalue weighted by molar-refractivity contribution is 14.0. The Morgan fingerprint density at radius 2 is 2.07 bits per heavy atom. The molecule has 1 saturated carbocycles. The second-order valence-electron chi connectivity index (χ2n) is 7.04. The van der Waals surface area contributed by atoms with Gasteiger partial charge in [-0.05, 0) is 32.3 Å². The van der Waals surface area contributed by atoms with E-state index in [0.29, 0.717) is 31.1 Å². The Bertz CT molecular complexity index is 666. The van der Waals surface area contributed by atoms with Crippen LogP contribution in [0, 0.1) is 0 Å². The van der Waals surface area contributed by atoms with Crippen LogP contribution in [0.2, 0.25) is 0 Å². The van der Waals surface area contributed by atoms with Crippen LogP contribution in [0.4, 0.5) is 19.1 Å². The van der Waals surface area contributed by atoms with Gasteiger partial charge in [-0.15, -0.1) is 24.0 Å². The molecular formula is C17H27F3IN7. The second-order valence-corrected chi connectivity index (χ2v) is 7.04. The first-order chi connectivity index (χ1) is 12.9. The van der Waals surface area contributed by atoms with Crippen molar-refractivity contribution < 1.29 is 13.2 Å². The number of rotatable bonds is 6. The van der Waals surface area contributed by atoms with Crippen molar-refractivity contribution in [3.63, 3.8) is 0 Å². The molecule has 1 aliphatic heterocycles. The van der Waals surface area contributed by atoms with Crippen LogP contribution >= 0.6 is 24.0 Å². The number of halogens is 4. The lowest BCUT2D eigenvalue weighted by Gasteiger charge is -2.20. The zero-order chi connectivity index (χ0) is 19.4. The molecule has 3 rings (SSSR count). The van der Waals surface area contributed by atoms with E-state index in [0.717, 1.165) is 31.3 Å². The van der Waals surface area contributed by atoms with Gasteiger partial charge in [0.1, 0.15) is 5.69 Å². The van der Waals surface area contributed by atoms with Crippen molar-refractivity contribution in [3.8, 4) is 0 Å². The average Bonchev–Trinajstić information content (AvgIpc) is 3.40. The molecule has 3 N–H and O–H groups in total. The lowest BCUT2D eigenvalue weighted by molar-refractivity contribution is -0.141. The molecule has 2 aliphatic rings. The predicted molar refractivity (Wildman–Crippen MR) is 113 cm³/mol. The molecule has 1 aromatic rings. The number of nitrogens with zero attached hydrogens (tertiary/aromatic N) is 4. The van der Waals surface area contributed by atoms with Gasteiger partial charge >= 0.3 is 6.18 Å². The molecule has 28 heavy (non-hydrogen) atoms. The first-order valence-corrected chi connectivity index (χ1v) is 9.24. The fourth-order valence-corrected chi connectivity index (χ4v) is 3.42. The minimum Gasteiger partial charge on any atom is -0.355 e. The quantitative estimate of drug-likeness (QED) is 0.235. The van der Waals surface area contributed by atoms with E-state index in [1.54, 1.807) is 7.05 Å². The molecule has 0 radical (unpaired) electrons. The number of hydrogen-bond acceptors (Lipinski definition) is 5. The third-order valence-electron chi connectivity index (χ3n) is 4.85. The van der Waals surface area contributed by atoms with E-state index in [-0.39, 0.29) is 29.9 Å². The topological polar surface area (TPSA) is 77.5 Å². The van der Waals surface area contributed by atoms with E-state index in [2.05, 4.69) is 42.7 Å². The standard InChI is InChI=1S/C17H26F3N7.HI/c1-11-9-12(10-27(11)13-3-4-13)25-15(21-2)23-7-8-24-16-22-6-5-14(26-16)17(18,19)20;/h5-6,11-13H,3-4,7-10H2,1-2H3,(H2,21,23,25)(H,22,24,26);1H. The van der Waals surface area contributed by atoms with Gasteiger partial charge in [-0.25, -0.2) is 9.97 Å².